The molecule has 3 aromatic rings. The molecule has 0 aromatic heterocycles. The van der Waals surface area contributed by atoms with Crippen LogP contribution >= 0.6 is 11.8 Å². The summed E-state index contributed by atoms with van der Waals surface area (Å²) in [6.45, 7) is 4.43. The van der Waals surface area contributed by atoms with Gasteiger partial charge in [-0.1, -0.05) is 73.2 Å². The lowest BCUT2D eigenvalue weighted by Crippen LogP contribution is -2.29. The van der Waals surface area contributed by atoms with Gasteiger partial charge in [0.05, 0.1) is 5.75 Å². The molecule has 0 spiro atoms. The Balaban J connectivity index is 1.17. The van der Waals surface area contributed by atoms with Gasteiger partial charge in [0, 0.05) is 25.2 Å². The maximum absolute atomic E-state index is 12.8. The maximum Gasteiger partial charge on any atom is 0.251 e. The highest BCUT2D eigenvalue weighted by Gasteiger charge is 2.32. The second-order valence-corrected chi connectivity index (χ2v) is 10.7. The molecule has 5 rings (SSSR count). The average Bonchev–Trinajstić information content (AvgIpc) is 3.28. The van der Waals surface area contributed by atoms with E-state index in [4.69, 9.17) is 0 Å². The van der Waals surface area contributed by atoms with Gasteiger partial charge in [-0.05, 0) is 60.3 Å². The first kappa shape index (κ1) is 24.6. The van der Waals surface area contributed by atoms with Crippen LogP contribution in [0.2, 0.25) is 0 Å². The third-order valence-electron chi connectivity index (χ3n) is 6.92. The van der Waals surface area contributed by atoms with E-state index in [0.717, 1.165) is 23.2 Å². The Bertz CT molecular complexity index is 1180. The Morgan fingerprint density at radius 3 is 2.33 bits per heavy atom. The summed E-state index contributed by atoms with van der Waals surface area (Å²) in [5.41, 5.74) is 5.22. The molecule has 0 saturated carbocycles. The normalized spacial score (nSPS) is 18.4. The minimum Gasteiger partial charge on any atom is -0.348 e. The van der Waals surface area contributed by atoms with E-state index >= 15 is 0 Å². The number of hydrogen-bond acceptors (Lipinski definition) is 4. The Labute approximate surface area is 217 Å². The van der Waals surface area contributed by atoms with Crippen molar-refractivity contribution >= 4 is 23.6 Å². The van der Waals surface area contributed by atoms with Crippen molar-refractivity contribution in [2.75, 3.05) is 18.8 Å². The van der Waals surface area contributed by atoms with Gasteiger partial charge in [-0.25, -0.2) is 0 Å². The van der Waals surface area contributed by atoms with Gasteiger partial charge in [0.1, 0.15) is 5.37 Å². The van der Waals surface area contributed by atoms with E-state index in [1.54, 1.807) is 11.8 Å². The van der Waals surface area contributed by atoms with Gasteiger partial charge in [0.25, 0.3) is 5.91 Å². The van der Waals surface area contributed by atoms with E-state index in [2.05, 4.69) is 34.5 Å². The van der Waals surface area contributed by atoms with Crippen LogP contribution in [0.25, 0.3) is 0 Å². The zero-order valence-corrected chi connectivity index (χ0v) is 21.4. The van der Waals surface area contributed by atoms with Crippen molar-refractivity contribution in [2.45, 2.75) is 44.3 Å². The van der Waals surface area contributed by atoms with Crippen molar-refractivity contribution in [1.29, 1.82) is 0 Å². The molecule has 2 saturated heterocycles. The Morgan fingerprint density at radius 2 is 1.56 bits per heavy atom. The second-order valence-electron chi connectivity index (χ2n) is 9.63. The first-order valence-corrected chi connectivity index (χ1v) is 13.8. The van der Waals surface area contributed by atoms with Crippen molar-refractivity contribution in [3.63, 3.8) is 0 Å². The van der Waals surface area contributed by atoms with Crippen molar-refractivity contribution in [2.24, 2.45) is 0 Å². The molecule has 5 nitrogen and oxygen atoms in total. The zero-order valence-electron chi connectivity index (χ0n) is 20.6. The van der Waals surface area contributed by atoms with Gasteiger partial charge in [0.15, 0.2) is 0 Å². The fraction of sp³-hybridized carbons (Fsp3) is 0.333. The van der Waals surface area contributed by atoms with Gasteiger partial charge in [-0.3, -0.25) is 14.5 Å². The van der Waals surface area contributed by atoms with Crippen LogP contribution in [-0.2, 0) is 24.4 Å². The Kier molecular flexibility index (Phi) is 8.04. The molecule has 2 aliphatic rings. The topological polar surface area (TPSA) is 52.7 Å². The summed E-state index contributed by atoms with van der Waals surface area (Å²) < 4.78 is 0. The summed E-state index contributed by atoms with van der Waals surface area (Å²) in [6.07, 6.45) is 3.91. The smallest absolute Gasteiger partial charge is 0.251 e. The first-order valence-electron chi connectivity index (χ1n) is 12.8. The molecule has 6 heteroatoms. The van der Waals surface area contributed by atoms with E-state index in [1.165, 1.54) is 37.9 Å². The van der Waals surface area contributed by atoms with Crippen LogP contribution in [0.1, 0.15) is 57.2 Å². The van der Waals surface area contributed by atoms with Crippen LogP contribution in [0.5, 0.6) is 0 Å². The number of thioether (sulfide) groups is 1. The van der Waals surface area contributed by atoms with Crippen molar-refractivity contribution < 1.29 is 9.59 Å². The molecular formula is C30H33N3O2S. The zero-order chi connectivity index (χ0) is 24.7. The Morgan fingerprint density at radius 1 is 0.833 bits per heavy atom. The van der Waals surface area contributed by atoms with Crippen LogP contribution < -0.4 is 5.32 Å². The average molecular weight is 500 g/mol. The summed E-state index contributed by atoms with van der Waals surface area (Å²) in [5.74, 6) is 0.550. The SMILES string of the molecule is O=C(NCc1cccc(CN2CCCCC2)c1)c1ccc([C@H]2SCC(=O)N2Cc2ccccc2)cc1. The van der Waals surface area contributed by atoms with Gasteiger partial charge < -0.3 is 10.2 Å². The molecule has 2 heterocycles. The predicted molar refractivity (Wildman–Crippen MR) is 145 cm³/mol. The minimum absolute atomic E-state index is 0.0301. The molecule has 2 amide bonds. The molecule has 186 valence electrons. The first-order chi connectivity index (χ1) is 17.7. The molecule has 0 bridgehead atoms. The molecule has 1 atom stereocenters. The number of carbonyl (C=O) groups excluding carboxylic acids is 2. The highest BCUT2D eigenvalue weighted by molar-refractivity contribution is 8.00. The lowest BCUT2D eigenvalue weighted by Gasteiger charge is -2.26. The largest absolute Gasteiger partial charge is 0.348 e. The van der Waals surface area contributed by atoms with Crippen LogP contribution in [0.4, 0.5) is 0 Å². The van der Waals surface area contributed by atoms with Gasteiger partial charge >= 0.3 is 0 Å². The number of piperidine rings is 1. The van der Waals surface area contributed by atoms with Crippen molar-refractivity contribution in [3.8, 4) is 0 Å². The van der Waals surface area contributed by atoms with E-state index in [9.17, 15) is 9.59 Å². The number of benzene rings is 3. The highest BCUT2D eigenvalue weighted by Crippen LogP contribution is 2.39. The number of likely N-dealkylation sites (tertiary alicyclic amines) is 1. The molecule has 1 N–H and O–H groups in total. The molecule has 3 aromatic carbocycles. The van der Waals surface area contributed by atoms with Gasteiger partial charge in [-0.2, -0.15) is 0 Å². The van der Waals surface area contributed by atoms with Crippen LogP contribution in [0.3, 0.4) is 0 Å². The molecule has 0 radical (unpaired) electrons. The highest BCUT2D eigenvalue weighted by atomic mass is 32.2. The summed E-state index contributed by atoms with van der Waals surface area (Å²) in [7, 11) is 0. The lowest BCUT2D eigenvalue weighted by molar-refractivity contribution is -0.128. The third-order valence-corrected chi connectivity index (χ3v) is 8.18. The quantitative estimate of drug-likeness (QED) is 0.452. The second kappa shape index (κ2) is 11.8. The fourth-order valence-electron chi connectivity index (χ4n) is 4.98. The van der Waals surface area contributed by atoms with E-state index in [1.807, 2.05) is 59.5 Å². The Hall–Kier alpha value is -3.09. The van der Waals surface area contributed by atoms with Gasteiger partial charge in [-0.15, -0.1) is 11.8 Å². The summed E-state index contributed by atoms with van der Waals surface area (Å²) >= 11 is 1.64. The number of nitrogens with zero attached hydrogens (tertiary/aromatic N) is 2. The summed E-state index contributed by atoms with van der Waals surface area (Å²) in [6, 6.07) is 26.3. The van der Waals surface area contributed by atoms with E-state index in [-0.39, 0.29) is 17.2 Å². The predicted octanol–water partition coefficient (Wildman–Crippen LogP) is 5.38. The number of carbonyl (C=O) groups is 2. The molecule has 2 aliphatic heterocycles. The molecule has 2 fully saturated rings. The summed E-state index contributed by atoms with van der Waals surface area (Å²) in [5, 5.41) is 3.03. The monoisotopic (exact) mass is 499 g/mol. The number of amides is 2. The number of hydrogen-bond donors (Lipinski definition) is 1. The summed E-state index contributed by atoms with van der Waals surface area (Å²) in [4.78, 5) is 29.8. The standard InChI is InChI=1S/C30H33N3O2S/c34-28-22-36-30(33(28)21-23-8-3-1-4-9-23)27-14-12-26(13-15-27)29(35)31-19-24-10-7-11-25(18-24)20-32-16-5-2-6-17-32/h1,3-4,7-15,18,30H,2,5-6,16-17,19-22H2,(H,31,35)/t30-/m1/s1. The maximum atomic E-state index is 12.8. The molecule has 36 heavy (non-hydrogen) atoms. The molecule has 0 unspecified atom stereocenters. The van der Waals surface area contributed by atoms with Crippen molar-refractivity contribution in [1.82, 2.24) is 15.1 Å². The lowest BCUT2D eigenvalue weighted by atomic mass is 10.1. The van der Waals surface area contributed by atoms with E-state index in [0.29, 0.717) is 24.4 Å². The van der Waals surface area contributed by atoms with Crippen LogP contribution in [0.15, 0.2) is 78.9 Å². The minimum atomic E-state index is -0.0840. The molecular weight excluding hydrogens is 466 g/mol. The third kappa shape index (κ3) is 6.18. The van der Waals surface area contributed by atoms with E-state index < -0.39 is 0 Å². The fourth-order valence-corrected chi connectivity index (χ4v) is 6.17. The van der Waals surface area contributed by atoms with Crippen molar-refractivity contribution in [3.05, 3.63) is 107 Å². The van der Waals surface area contributed by atoms with Gasteiger partial charge in [0.2, 0.25) is 5.91 Å². The number of rotatable bonds is 8. The van der Waals surface area contributed by atoms with Crippen LogP contribution in [0, 0.1) is 0 Å². The number of nitrogens with one attached hydrogen (secondary N) is 1. The molecule has 0 aliphatic carbocycles. The van der Waals surface area contributed by atoms with Crippen LogP contribution in [-0.4, -0.2) is 40.5 Å².